The lowest BCUT2D eigenvalue weighted by atomic mass is 9.89. The standard InChI is InChI=1S/C17H24N2/c1-7-9-13-12(5)16(18)14(10-8-2)15(11(3)4)17(13)19-6/h7-8,10,19H,1,3,9,18H2,2,4-6H3/b10-8+. The first-order chi connectivity index (χ1) is 8.99. The highest BCUT2D eigenvalue weighted by Gasteiger charge is 2.17. The Labute approximate surface area is 116 Å². The lowest BCUT2D eigenvalue weighted by molar-refractivity contribution is 1.20. The van der Waals surface area contributed by atoms with E-state index in [1.54, 1.807) is 0 Å². The van der Waals surface area contributed by atoms with Crippen LogP contribution < -0.4 is 11.1 Å². The van der Waals surface area contributed by atoms with Gasteiger partial charge in [-0.15, -0.1) is 6.58 Å². The molecule has 1 aromatic rings. The van der Waals surface area contributed by atoms with Crippen LogP contribution in [-0.4, -0.2) is 7.05 Å². The molecule has 0 aliphatic rings. The monoisotopic (exact) mass is 256 g/mol. The molecule has 2 nitrogen and oxygen atoms in total. The maximum atomic E-state index is 6.31. The van der Waals surface area contributed by atoms with Gasteiger partial charge in [0.15, 0.2) is 0 Å². The van der Waals surface area contributed by atoms with Crippen molar-refractivity contribution in [2.75, 3.05) is 18.1 Å². The number of nitrogens with two attached hydrogens (primary N) is 1. The van der Waals surface area contributed by atoms with Crippen LogP contribution in [0, 0.1) is 6.92 Å². The quantitative estimate of drug-likeness (QED) is 0.605. The van der Waals surface area contributed by atoms with Gasteiger partial charge in [0.1, 0.15) is 0 Å². The van der Waals surface area contributed by atoms with Crippen LogP contribution in [0.3, 0.4) is 0 Å². The SMILES string of the molecule is C=CCc1c(C)c(N)c(/C=C/C)c(C(=C)C)c1NC. The Morgan fingerprint density at radius 2 is 2.05 bits per heavy atom. The molecule has 0 atom stereocenters. The number of benzene rings is 1. The van der Waals surface area contributed by atoms with Gasteiger partial charge < -0.3 is 11.1 Å². The third kappa shape index (κ3) is 2.73. The molecule has 0 aliphatic carbocycles. The van der Waals surface area contributed by atoms with Crippen molar-refractivity contribution in [3.63, 3.8) is 0 Å². The zero-order valence-corrected chi connectivity index (χ0v) is 12.4. The van der Waals surface area contributed by atoms with Gasteiger partial charge in [-0.05, 0) is 43.9 Å². The Hall–Kier alpha value is -1.96. The highest BCUT2D eigenvalue weighted by atomic mass is 14.8. The van der Waals surface area contributed by atoms with Crippen LogP contribution >= 0.6 is 0 Å². The molecule has 0 saturated carbocycles. The minimum absolute atomic E-state index is 0.794. The van der Waals surface area contributed by atoms with E-state index in [1.165, 1.54) is 5.56 Å². The fourth-order valence-corrected chi connectivity index (χ4v) is 2.43. The second-order valence-electron chi connectivity index (χ2n) is 4.70. The highest BCUT2D eigenvalue weighted by Crippen LogP contribution is 2.38. The van der Waals surface area contributed by atoms with Gasteiger partial charge in [-0.2, -0.15) is 0 Å². The van der Waals surface area contributed by atoms with Crippen LogP contribution in [0.15, 0.2) is 25.3 Å². The topological polar surface area (TPSA) is 38.0 Å². The summed E-state index contributed by atoms with van der Waals surface area (Å²) in [4.78, 5) is 0. The van der Waals surface area contributed by atoms with Gasteiger partial charge in [0, 0.05) is 29.5 Å². The fraction of sp³-hybridized carbons (Fsp3) is 0.294. The lowest BCUT2D eigenvalue weighted by Crippen LogP contribution is -2.08. The summed E-state index contributed by atoms with van der Waals surface area (Å²) < 4.78 is 0. The molecule has 1 aromatic carbocycles. The average Bonchev–Trinajstić information content (AvgIpc) is 2.37. The van der Waals surface area contributed by atoms with Gasteiger partial charge in [0.2, 0.25) is 0 Å². The molecule has 0 unspecified atom stereocenters. The van der Waals surface area contributed by atoms with Gasteiger partial charge in [-0.3, -0.25) is 0 Å². The van der Waals surface area contributed by atoms with Crippen molar-refractivity contribution in [2.24, 2.45) is 0 Å². The van der Waals surface area contributed by atoms with Gasteiger partial charge >= 0.3 is 0 Å². The molecule has 1 rings (SSSR count). The first kappa shape index (κ1) is 15.1. The second-order valence-corrected chi connectivity index (χ2v) is 4.70. The predicted octanol–water partition coefficient (Wildman–Crippen LogP) is 4.41. The summed E-state index contributed by atoms with van der Waals surface area (Å²) in [5, 5.41) is 3.30. The van der Waals surface area contributed by atoms with E-state index in [1.807, 2.05) is 39.1 Å². The van der Waals surface area contributed by atoms with Crippen molar-refractivity contribution < 1.29 is 0 Å². The van der Waals surface area contributed by atoms with E-state index in [-0.39, 0.29) is 0 Å². The van der Waals surface area contributed by atoms with E-state index in [0.29, 0.717) is 0 Å². The lowest BCUT2D eigenvalue weighted by Gasteiger charge is -2.22. The molecule has 102 valence electrons. The number of anilines is 2. The van der Waals surface area contributed by atoms with Crippen molar-refractivity contribution in [2.45, 2.75) is 27.2 Å². The van der Waals surface area contributed by atoms with Crippen LogP contribution in [0.1, 0.15) is 36.1 Å². The Balaban J connectivity index is 3.82. The summed E-state index contributed by atoms with van der Waals surface area (Å²) >= 11 is 0. The Bertz CT molecular complexity index is 537. The van der Waals surface area contributed by atoms with E-state index in [9.17, 15) is 0 Å². The van der Waals surface area contributed by atoms with Crippen molar-refractivity contribution in [3.05, 3.63) is 47.6 Å². The molecule has 0 spiro atoms. The molecule has 0 bridgehead atoms. The minimum Gasteiger partial charge on any atom is -0.398 e. The van der Waals surface area contributed by atoms with Crippen molar-refractivity contribution >= 4 is 23.0 Å². The maximum Gasteiger partial charge on any atom is 0.0459 e. The Kier molecular flexibility index (Phi) is 4.99. The zero-order valence-electron chi connectivity index (χ0n) is 12.4. The molecule has 19 heavy (non-hydrogen) atoms. The first-order valence-electron chi connectivity index (χ1n) is 6.51. The highest BCUT2D eigenvalue weighted by molar-refractivity contribution is 5.90. The number of hydrogen-bond acceptors (Lipinski definition) is 2. The third-order valence-electron chi connectivity index (χ3n) is 3.33. The zero-order chi connectivity index (χ0) is 14.6. The Morgan fingerprint density at radius 3 is 2.47 bits per heavy atom. The summed E-state index contributed by atoms with van der Waals surface area (Å²) in [5.41, 5.74) is 13.7. The molecular formula is C17H24N2. The number of nitrogen functional groups attached to an aromatic ring is 1. The Morgan fingerprint density at radius 1 is 1.42 bits per heavy atom. The number of rotatable bonds is 5. The van der Waals surface area contributed by atoms with Gasteiger partial charge in [-0.1, -0.05) is 24.8 Å². The molecule has 0 radical (unpaired) electrons. The van der Waals surface area contributed by atoms with E-state index in [2.05, 4.69) is 25.4 Å². The van der Waals surface area contributed by atoms with Crippen molar-refractivity contribution in [1.82, 2.24) is 0 Å². The van der Waals surface area contributed by atoms with Crippen LogP contribution in [0.5, 0.6) is 0 Å². The van der Waals surface area contributed by atoms with Gasteiger partial charge in [0.25, 0.3) is 0 Å². The largest absolute Gasteiger partial charge is 0.398 e. The summed E-state index contributed by atoms with van der Waals surface area (Å²) in [6.45, 7) is 14.0. The molecule has 0 amide bonds. The minimum atomic E-state index is 0.794. The van der Waals surface area contributed by atoms with Gasteiger partial charge in [-0.25, -0.2) is 0 Å². The molecule has 0 fully saturated rings. The predicted molar refractivity (Wildman–Crippen MR) is 88.5 cm³/mol. The normalized spacial score (nSPS) is 10.7. The second kappa shape index (κ2) is 6.28. The van der Waals surface area contributed by atoms with Crippen LogP contribution in [0.2, 0.25) is 0 Å². The van der Waals surface area contributed by atoms with E-state index >= 15 is 0 Å². The number of nitrogens with one attached hydrogen (secondary N) is 1. The molecule has 0 heterocycles. The molecule has 0 saturated heterocycles. The smallest absolute Gasteiger partial charge is 0.0459 e. The van der Waals surface area contributed by atoms with E-state index in [0.717, 1.165) is 40.1 Å². The molecular weight excluding hydrogens is 232 g/mol. The molecule has 0 aliphatic heterocycles. The van der Waals surface area contributed by atoms with E-state index < -0.39 is 0 Å². The molecule has 3 N–H and O–H groups in total. The van der Waals surface area contributed by atoms with Gasteiger partial charge in [0.05, 0.1) is 0 Å². The van der Waals surface area contributed by atoms with Crippen LogP contribution in [0.4, 0.5) is 11.4 Å². The van der Waals surface area contributed by atoms with Crippen molar-refractivity contribution in [1.29, 1.82) is 0 Å². The summed E-state index contributed by atoms with van der Waals surface area (Å²) in [7, 11) is 1.93. The maximum absolute atomic E-state index is 6.31. The fourth-order valence-electron chi connectivity index (χ4n) is 2.43. The molecule has 0 aromatic heterocycles. The average molecular weight is 256 g/mol. The summed E-state index contributed by atoms with van der Waals surface area (Å²) in [5.74, 6) is 0. The molecule has 2 heteroatoms. The number of allylic oxidation sites excluding steroid dienone is 3. The van der Waals surface area contributed by atoms with Crippen molar-refractivity contribution in [3.8, 4) is 0 Å². The third-order valence-corrected chi connectivity index (χ3v) is 3.33. The summed E-state index contributed by atoms with van der Waals surface area (Å²) in [6.07, 6.45) is 6.75. The number of hydrogen-bond donors (Lipinski definition) is 2. The van der Waals surface area contributed by atoms with Crippen LogP contribution in [-0.2, 0) is 6.42 Å². The van der Waals surface area contributed by atoms with E-state index in [4.69, 9.17) is 5.73 Å². The van der Waals surface area contributed by atoms with Crippen LogP contribution in [0.25, 0.3) is 11.6 Å². The summed E-state index contributed by atoms with van der Waals surface area (Å²) in [6, 6.07) is 0. The first-order valence-corrected chi connectivity index (χ1v) is 6.51.